The Kier molecular flexibility index (Phi) is 9.06. The van der Waals surface area contributed by atoms with Crippen LogP contribution in [0.25, 0.3) is 33.3 Å². The molecule has 1 aliphatic carbocycles. The second-order valence-electron chi connectivity index (χ2n) is 10.4. The second-order valence-corrected chi connectivity index (χ2v) is 11.1. The number of aryl methyl sites for hydroxylation is 2. The van der Waals surface area contributed by atoms with Gasteiger partial charge in [0.05, 0.1) is 18.1 Å². The fraction of sp³-hybridized carbons (Fsp3) is 0.433. The van der Waals surface area contributed by atoms with Crippen LogP contribution < -0.4 is 33.9 Å². The number of esters is 1. The summed E-state index contributed by atoms with van der Waals surface area (Å²) in [5.41, 5.74) is 7.03. The highest BCUT2D eigenvalue weighted by Gasteiger charge is 2.28. The Hall–Kier alpha value is -3.28. The van der Waals surface area contributed by atoms with Gasteiger partial charge in [-0.25, -0.2) is 28.6 Å². The summed E-state index contributed by atoms with van der Waals surface area (Å²) in [7, 11) is -4.94. The molecule has 0 radical (unpaired) electrons. The van der Waals surface area contributed by atoms with Gasteiger partial charge in [0.1, 0.15) is 17.8 Å². The predicted molar refractivity (Wildman–Crippen MR) is 141 cm³/mol. The minimum absolute atomic E-state index is 0.101. The summed E-state index contributed by atoms with van der Waals surface area (Å²) in [6.45, 7) is 5.43. The molecule has 0 aromatic heterocycles. The van der Waals surface area contributed by atoms with Crippen molar-refractivity contribution in [3.8, 4) is 11.5 Å². The maximum absolute atomic E-state index is 11.6. The standard InChI is InChI=1S/C30H33N3O3.ClHO4/c1-2-35-27(34)14-4-3-7-15-31-24-19-26-28(22-12-6-5-11-21(22)24)32-25-18-20-10-8-16-33-17-9-13-23(29(20)33)30(25)36-26;2-1(3,4)5/h5-6,11-12,18-19H,2-4,7-10,13-17H2,1H3;(H,2,3,4,5). The molecule has 0 unspecified atom stereocenters. The van der Waals surface area contributed by atoms with Gasteiger partial charge < -0.3 is 14.1 Å². The number of nitrogens with zero attached hydrogens (tertiary/aromatic N) is 2. The lowest BCUT2D eigenvalue weighted by Gasteiger charge is -2.37. The number of nitrogens with one attached hydrogen (secondary N) is 1. The van der Waals surface area contributed by atoms with Gasteiger partial charge in [0.25, 0.3) is 0 Å². The zero-order chi connectivity index (χ0) is 29.0. The molecule has 11 heteroatoms. The highest BCUT2D eigenvalue weighted by molar-refractivity contribution is 5.97. The van der Waals surface area contributed by atoms with Crippen LogP contribution in [-0.2, 0) is 22.4 Å². The molecule has 3 aliphatic heterocycles. The Morgan fingerprint density at radius 1 is 1.05 bits per heavy atom. The van der Waals surface area contributed by atoms with Gasteiger partial charge in [-0.3, -0.25) is 4.79 Å². The lowest BCUT2D eigenvalue weighted by molar-refractivity contribution is -2.00. The highest BCUT2D eigenvalue weighted by atomic mass is 35.7. The van der Waals surface area contributed by atoms with Crippen LogP contribution in [0.2, 0.25) is 0 Å². The van der Waals surface area contributed by atoms with E-state index in [0.717, 1.165) is 90.4 Å². The van der Waals surface area contributed by atoms with Crippen molar-refractivity contribution in [1.29, 1.82) is 0 Å². The SMILES string of the molecule is CCOC(=O)CCCCC[NH+]=c1cc2oc3c4c5c(cc3nc-2c2ccccc12)CCCN5CCC4.[O-][Cl+3]([O-])([O-])[O-]. The van der Waals surface area contributed by atoms with Crippen molar-refractivity contribution in [1.82, 2.24) is 4.98 Å². The molecule has 2 aromatic rings. The topological polar surface area (TPSA) is 162 Å². The first kappa shape index (κ1) is 29.2. The number of unbranched alkanes of at least 4 members (excludes halogenated alkanes) is 2. The molecule has 6 rings (SSSR count). The van der Waals surface area contributed by atoms with Crippen LogP contribution in [0.1, 0.15) is 56.6 Å². The summed E-state index contributed by atoms with van der Waals surface area (Å²) in [4.78, 5) is 22.9. The average molecular weight is 584 g/mol. The number of hydrogen-bond acceptors (Lipinski definition) is 9. The number of benzene rings is 3. The number of fused-ring (bicyclic) bond motifs is 5. The van der Waals surface area contributed by atoms with E-state index in [4.69, 9.17) is 32.8 Å². The van der Waals surface area contributed by atoms with Gasteiger partial charge in [-0.15, -0.1) is 10.2 Å². The summed E-state index contributed by atoms with van der Waals surface area (Å²) >= 11 is 0. The Morgan fingerprint density at radius 3 is 2.54 bits per heavy atom. The van der Waals surface area contributed by atoms with Gasteiger partial charge in [-0.2, -0.15) is 0 Å². The summed E-state index contributed by atoms with van der Waals surface area (Å²) in [5.74, 6) is 0.728. The fourth-order valence-corrected chi connectivity index (χ4v) is 5.94. The molecule has 0 saturated carbocycles. The number of halogens is 1. The highest BCUT2D eigenvalue weighted by Crippen LogP contribution is 2.41. The average Bonchev–Trinajstić information content (AvgIpc) is 2.94. The van der Waals surface area contributed by atoms with Crippen LogP contribution in [0.5, 0.6) is 0 Å². The third kappa shape index (κ3) is 6.97. The molecule has 0 fully saturated rings. The van der Waals surface area contributed by atoms with E-state index in [1.807, 2.05) is 6.92 Å². The number of anilines is 1. The van der Waals surface area contributed by atoms with Gasteiger partial charge >= 0.3 is 5.97 Å². The van der Waals surface area contributed by atoms with Crippen molar-refractivity contribution in [2.24, 2.45) is 0 Å². The summed E-state index contributed by atoms with van der Waals surface area (Å²) in [5, 5.41) is 3.34. The van der Waals surface area contributed by atoms with Gasteiger partial charge in [-0.1, -0.05) is 18.2 Å². The van der Waals surface area contributed by atoms with E-state index < -0.39 is 10.2 Å². The summed E-state index contributed by atoms with van der Waals surface area (Å²) in [6, 6.07) is 12.8. The van der Waals surface area contributed by atoms with E-state index in [0.29, 0.717) is 13.0 Å². The first-order valence-electron chi connectivity index (χ1n) is 14.1. The molecule has 0 amide bonds. The Labute approximate surface area is 240 Å². The first-order chi connectivity index (χ1) is 19.7. The van der Waals surface area contributed by atoms with Crippen LogP contribution in [0.15, 0.2) is 40.8 Å². The number of ether oxygens (including phenoxy) is 1. The monoisotopic (exact) mass is 583 g/mol. The van der Waals surface area contributed by atoms with Gasteiger partial charge in [0.15, 0.2) is 11.3 Å². The summed E-state index contributed by atoms with van der Waals surface area (Å²) in [6.07, 6.45) is 7.88. The third-order valence-electron chi connectivity index (χ3n) is 7.56. The van der Waals surface area contributed by atoms with E-state index >= 15 is 0 Å². The summed E-state index contributed by atoms with van der Waals surface area (Å²) < 4.78 is 45.7. The van der Waals surface area contributed by atoms with E-state index in [1.54, 1.807) is 0 Å². The number of carbonyl (C=O) groups is 1. The molecule has 0 atom stereocenters. The number of carbonyl (C=O) groups excluding carboxylic acids is 1. The minimum Gasteiger partial charge on any atom is -0.466 e. The maximum Gasteiger partial charge on any atom is 0.305 e. The zero-order valence-electron chi connectivity index (χ0n) is 23.1. The van der Waals surface area contributed by atoms with Crippen molar-refractivity contribution >= 4 is 33.5 Å². The molecule has 0 saturated heterocycles. The normalized spacial score (nSPS) is 15.1. The van der Waals surface area contributed by atoms with Crippen LogP contribution in [0.4, 0.5) is 5.69 Å². The molecular formula is C30H34ClN3O7. The van der Waals surface area contributed by atoms with Crippen molar-refractivity contribution < 1.29 is 47.8 Å². The van der Waals surface area contributed by atoms with Crippen LogP contribution in [0, 0.1) is 10.2 Å². The predicted octanol–water partition coefficient (Wildman–Crippen LogP) is -0.867. The van der Waals surface area contributed by atoms with Crippen molar-refractivity contribution in [3.05, 3.63) is 52.9 Å². The minimum atomic E-state index is -4.94. The van der Waals surface area contributed by atoms with E-state index in [2.05, 4.69) is 46.3 Å². The quantitative estimate of drug-likeness (QED) is 0.126. The molecule has 10 nitrogen and oxygen atoms in total. The first-order valence-corrected chi connectivity index (χ1v) is 15.4. The van der Waals surface area contributed by atoms with Gasteiger partial charge in [0.2, 0.25) is 5.36 Å². The van der Waals surface area contributed by atoms with Gasteiger partial charge in [-0.05, 0) is 63.1 Å². The number of hydrogen-bond donors (Lipinski definition) is 1. The molecular weight excluding hydrogens is 550 g/mol. The van der Waals surface area contributed by atoms with Crippen molar-refractivity contribution in [2.45, 2.75) is 58.3 Å². The molecule has 218 valence electrons. The lowest BCUT2D eigenvalue weighted by Crippen LogP contribution is -2.76. The molecule has 2 aromatic carbocycles. The zero-order valence-corrected chi connectivity index (χ0v) is 23.8. The molecule has 3 heterocycles. The fourth-order valence-electron chi connectivity index (χ4n) is 5.94. The Morgan fingerprint density at radius 2 is 1.78 bits per heavy atom. The Balaban J connectivity index is 0.000000623. The third-order valence-corrected chi connectivity index (χ3v) is 7.56. The number of rotatable bonds is 7. The van der Waals surface area contributed by atoms with Gasteiger partial charge in [0, 0.05) is 42.6 Å². The molecule has 0 bridgehead atoms. The van der Waals surface area contributed by atoms with Crippen LogP contribution in [0.3, 0.4) is 0 Å². The maximum atomic E-state index is 11.6. The van der Waals surface area contributed by atoms with Crippen molar-refractivity contribution in [2.75, 3.05) is 31.1 Å². The Bertz CT molecular complexity index is 1570. The molecule has 0 spiro atoms. The smallest absolute Gasteiger partial charge is 0.305 e. The second kappa shape index (κ2) is 12.7. The van der Waals surface area contributed by atoms with E-state index in [1.165, 1.54) is 29.7 Å². The van der Waals surface area contributed by atoms with Crippen molar-refractivity contribution in [3.63, 3.8) is 0 Å². The molecule has 41 heavy (non-hydrogen) atoms. The lowest BCUT2D eigenvalue weighted by atomic mass is 9.91. The van der Waals surface area contributed by atoms with E-state index in [-0.39, 0.29) is 5.97 Å². The van der Waals surface area contributed by atoms with E-state index in [9.17, 15) is 4.79 Å². The molecule has 4 aliphatic rings. The largest absolute Gasteiger partial charge is 0.466 e. The van der Waals surface area contributed by atoms with Crippen LogP contribution >= 0.6 is 0 Å². The number of aromatic nitrogens is 1. The van der Waals surface area contributed by atoms with Crippen LogP contribution in [-0.4, -0.2) is 37.2 Å². The molecule has 1 N–H and O–H groups in total.